The molecule has 0 aliphatic heterocycles. The van der Waals surface area contributed by atoms with Gasteiger partial charge in [0.25, 0.3) is 0 Å². The van der Waals surface area contributed by atoms with E-state index >= 15 is 0 Å². The van der Waals surface area contributed by atoms with E-state index in [2.05, 4.69) is 14.7 Å². The van der Waals surface area contributed by atoms with Crippen LogP contribution in [0.15, 0.2) is 60.9 Å². The molecule has 26 heavy (non-hydrogen) atoms. The van der Waals surface area contributed by atoms with Crippen LogP contribution in [0, 0.1) is 0 Å². The number of rotatable bonds is 5. The molecule has 0 saturated heterocycles. The largest absolute Gasteiger partial charge is 0.573 e. The maximum atomic E-state index is 12.2. The molecule has 0 amide bonds. The van der Waals surface area contributed by atoms with E-state index in [0.717, 1.165) is 23.2 Å². The van der Waals surface area contributed by atoms with Crippen molar-refractivity contribution in [3.8, 4) is 28.5 Å². The van der Waals surface area contributed by atoms with Gasteiger partial charge in [0, 0.05) is 29.2 Å². The highest BCUT2D eigenvalue weighted by atomic mass is 19.4. The zero-order valence-corrected chi connectivity index (χ0v) is 13.8. The second kappa shape index (κ2) is 7.43. The third-order valence-corrected chi connectivity index (χ3v) is 3.56. The van der Waals surface area contributed by atoms with Crippen LogP contribution in [0.3, 0.4) is 0 Å². The average molecular weight is 360 g/mol. The van der Waals surface area contributed by atoms with Crippen LogP contribution >= 0.6 is 0 Å². The maximum Gasteiger partial charge on any atom is 0.573 e. The average Bonchev–Trinajstić information content (AvgIpc) is 2.63. The Hall–Kier alpha value is -3.09. The smallest absolute Gasteiger partial charge is 0.438 e. The van der Waals surface area contributed by atoms with Crippen LogP contribution in [0.5, 0.6) is 17.4 Å². The molecule has 0 saturated carbocycles. The van der Waals surface area contributed by atoms with E-state index in [1.807, 2.05) is 25.1 Å². The normalized spacial score (nSPS) is 11.2. The van der Waals surface area contributed by atoms with Crippen molar-refractivity contribution in [2.45, 2.75) is 19.7 Å². The third kappa shape index (κ3) is 4.30. The molecular weight excluding hydrogens is 345 g/mol. The molecule has 0 radical (unpaired) electrons. The lowest BCUT2D eigenvalue weighted by Gasteiger charge is -2.13. The summed E-state index contributed by atoms with van der Waals surface area (Å²) in [6.07, 6.45) is -0.679. The van der Waals surface area contributed by atoms with Crippen molar-refractivity contribution in [1.29, 1.82) is 0 Å². The van der Waals surface area contributed by atoms with Crippen molar-refractivity contribution in [2.75, 3.05) is 0 Å². The number of ether oxygens (including phenoxy) is 2. The van der Waals surface area contributed by atoms with E-state index < -0.39 is 6.36 Å². The zero-order valence-electron chi connectivity index (χ0n) is 13.8. The molecule has 3 rings (SSSR count). The minimum atomic E-state index is -4.73. The lowest BCUT2D eigenvalue weighted by atomic mass is 10.0. The Morgan fingerprint density at radius 3 is 2.12 bits per heavy atom. The Balaban J connectivity index is 1.87. The molecule has 4 nitrogen and oxygen atoms in total. The summed E-state index contributed by atoms with van der Waals surface area (Å²) in [4.78, 5) is 8.61. The highest BCUT2D eigenvalue weighted by molar-refractivity contribution is 5.70. The highest BCUT2D eigenvalue weighted by Gasteiger charge is 2.31. The van der Waals surface area contributed by atoms with Gasteiger partial charge in [-0.15, -0.1) is 13.2 Å². The number of halogens is 3. The zero-order chi connectivity index (χ0) is 18.6. The number of nitrogens with zero attached hydrogens (tertiary/aromatic N) is 2. The van der Waals surface area contributed by atoms with E-state index in [0.29, 0.717) is 11.6 Å². The molecule has 0 N–H and O–H groups in total. The summed E-state index contributed by atoms with van der Waals surface area (Å²) in [6, 6.07) is 12.6. The lowest BCUT2D eigenvalue weighted by molar-refractivity contribution is -0.274. The summed E-state index contributed by atoms with van der Waals surface area (Å²) < 4.78 is 46.3. The summed E-state index contributed by atoms with van der Waals surface area (Å²) in [5.74, 6) is 0.382. The van der Waals surface area contributed by atoms with Crippen molar-refractivity contribution >= 4 is 0 Å². The third-order valence-electron chi connectivity index (χ3n) is 3.56. The fraction of sp³-hybridized carbons (Fsp3) is 0.158. The van der Waals surface area contributed by atoms with Crippen molar-refractivity contribution in [3.63, 3.8) is 0 Å². The first kappa shape index (κ1) is 17.7. The highest BCUT2D eigenvalue weighted by Crippen LogP contribution is 2.33. The van der Waals surface area contributed by atoms with Crippen LogP contribution in [0.4, 0.5) is 13.2 Å². The van der Waals surface area contributed by atoms with E-state index in [4.69, 9.17) is 4.74 Å². The Labute approximate surface area is 148 Å². The lowest BCUT2D eigenvalue weighted by Crippen LogP contribution is -2.16. The minimum Gasteiger partial charge on any atom is -0.438 e. The molecule has 134 valence electrons. The van der Waals surface area contributed by atoms with Crippen molar-refractivity contribution in [1.82, 2.24) is 9.97 Å². The van der Waals surface area contributed by atoms with Crippen LogP contribution in [0.2, 0.25) is 0 Å². The molecule has 0 unspecified atom stereocenters. The van der Waals surface area contributed by atoms with Gasteiger partial charge in [-0.1, -0.05) is 13.0 Å². The molecule has 0 aliphatic carbocycles. The molecular formula is C19H15F3N2O2. The maximum absolute atomic E-state index is 12.2. The number of aryl methyl sites for hydroxylation is 1. The number of hydrogen-bond acceptors (Lipinski definition) is 4. The summed E-state index contributed by atoms with van der Waals surface area (Å²) in [6.45, 7) is 2.00. The summed E-state index contributed by atoms with van der Waals surface area (Å²) in [7, 11) is 0. The number of benzene rings is 1. The molecule has 0 aliphatic rings. The summed E-state index contributed by atoms with van der Waals surface area (Å²) in [5, 5.41) is 0. The Morgan fingerprint density at radius 1 is 0.846 bits per heavy atom. The second-order valence-electron chi connectivity index (χ2n) is 5.33. The van der Waals surface area contributed by atoms with Crippen LogP contribution < -0.4 is 9.47 Å². The van der Waals surface area contributed by atoms with Gasteiger partial charge in [0.05, 0.1) is 0 Å². The van der Waals surface area contributed by atoms with Gasteiger partial charge < -0.3 is 9.47 Å². The van der Waals surface area contributed by atoms with Gasteiger partial charge in [0.15, 0.2) is 0 Å². The molecule has 7 heteroatoms. The first-order valence-corrected chi connectivity index (χ1v) is 7.89. The quantitative estimate of drug-likeness (QED) is 0.611. The number of alkyl halides is 3. The number of hydrogen-bond donors (Lipinski definition) is 0. The first-order chi connectivity index (χ1) is 12.5. The Kier molecular flexibility index (Phi) is 5.06. The van der Waals surface area contributed by atoms with Gasteiger partial charge in [0.2, 0.25) is 5.88 Å². The minimum absolute atomic E-state index is 0.313. The van der Waals surface area contributed by atoms with Crippen molar-refractivity contribution in [3.05, 3.63) is 66.6 Å². The van der Waals surface area contributed by atoms with Crippen LogP contribution in [-0.4, -0.2) is 16.3 Å². The van der Waals surface area contributed by atoms with Crippen molar-refractivity contribution in [2.24, 2.45) is 0 Å². The van der Waals surface area contributed by atoms with Gasteiger partial charge in [-0.25, -0.2) is 4.98 Å². The molecule has 0 atom stereocenters. The molecule has 0 spiro atoms. The topological polar surface area (TPSA) is 44.2 Å². The standard InChI is InChI=1S/C19H15F3N2O2/c1-2-17-15(5-3-11-23-17)16-6-4-12-24-18(16)25-13-7-9-14(10-8-13)26-19(20,21)22/h3-12H,2H2,1H3. The first-order valence-electron chi connectivity index (χ1n) is 7.89. The van der Waals surface area contributed by atoms with E-state index in [9.17, 15) is 13.2 Å². The number of pyridine rings is 2. The van der Waals surface area contributed by atoms with Gasteiger partial charge in [-0.3, -0.25) is 4.98 Å². The monoisotopic (exact) mass is 360 g/mol. The molecule has 3 aromatic rings. The number of aromatic nitrogens is 2. The van der Waals surface area contributed by atoms with E-state index in [1.54, 1.807) is 18.5 Å². The predicted octanol–water partition coefficient (Wildman–Crippen LogP) is 5.40. The van der Waals surface area contributed by atoms with Gasteiger partial charge in [0.1, 0.15) is 11.5 Å². The van der Waals surface area contributed by atoms with Crippen molar-refractivity contribution < 1.29 is 22.6 Å². The van der Waals surface area contributed by atoms with Crippen LogP contribution in [0.1, 0.15) is 12.6 Å². The summed E-state index contributed by atoms with van der Waals surface area (Å²) in [5.41, 5.74) is 2.56. The predicted molar refractivity (Wildman–Crippen MR) is 90.0 cm³/mol. The molecule has 0 fully saturated rings. The fourth-order valence-corrected chi connectivity index (χ4v) is 2.46. The SMILES string of the molecule is CCc1ncccc1-c1cccnc1Oc1ccc(OC(F)(F)F)cc1. The molecule has 2 aromatic heterocycles. The fourth-order valence-electron chi connectivity index (χ4n) is 2.46. The van der Waals surface area contributed by atoms with Gasteiger partial charge in [-0.05, 0) is 48.9 Å². The van der Waals surface area contributed by atoms with Gasteiger partial charge in [-0.2, -0.15) is 0 Å². The Morgan fingerprint density at radius 2 is 1.46 bits per heavy atom. The van der Waals surface area contributed by atoms with Crippen LogP contribution in [-0.2, 0) is 6.42 Å². The molecule has 1 aromatic carbocycles. The summed E-state index contributed by atoms with van der Waals surface area (Å²) >= 11 is 0. The van der Waals surface area contributed by atoms with Gasteiger partial charge >= 0.3 is 6.36 Å². The molecule has 2 heterocycles. The van der Waals surface area contributed by atoms with Crippen LogP contribution in [0.25, 0.3) is 11.1 Å². The van der Waals surface area contributed by atoms with E-state index in [1.165, 1.54) is 24.3 Å². The van der Waals surface area contributed by atoms with E-state index in [-0.39, 0.29) is 5.75 Å². The molecule has 0 bridgehead atoms. The Bertz CT molecular complexity index is 880. The second-order valence-corrected chi connectivity index (χ2v) is 5.33.